The van der Waals surface area contributed by atoms with Gasteiger partial charge in [0.1, 0.15) is 17.5 Å². The van der Waals surface area contributed by atoms with Crippen molar-refractivity contribution >= 4 is 30.7 Å². The van der Waals surface area contributed by atoms with E-state index in [0.29, 0.717) is 6.54 Å². The van der Waals surface area contributed by atoms with E-state index in [-0.39, 0.29) is 25.5 Å². The molecule has 0 saturated carbocycles. The highest BCUT2D eigenvalue weighted by molar-refractivity contribution is 7.59. The average Bonchev–Trinajstić information content (AvgIpc) is 3.41. The second-order valence-electron chi connectivity index (χ2n) is 6.97. The van der Waals surface area contributed by atoms with Crippen molar-refractivity contribution < 1.29 is 9.53 Å². The standard InChI is InChI=1S/C22H25N3O2S.H2S/c1-23-11-10-20(21-5-3-15-28-21)27-18-8-6-17(7-9-18)16-25-14-13-24-12-2-4-19(24)22(25)26;/h2-9,12,15,20,23H,10-11,13-14,16H2,1H3;1H2/t20-;/m0./s1. The molecule has 1 aliphatic rings. The largest absolute Gasteiger partial charge is 0.485 e. The molecule has 2 aromatic heterocycles. The minimum atomic E-state index is 0. The second kappa shape index (κ2) is 10.0. The monoisotopic (exact) mass is 429 g/mol. The quantitative estimate of drug-likeness (QED) is 0.588. The zero-order valence-electron chi connectivity index (χ0n) is 16.5. The van der Waals surface area contributed by atoms with Crippen LogP contribution in [0.25, 0.3) is 0 Å². The molecule has 1 aliphatic heterocycles. The second-order valence-corrected chi connectivity index (χ2v) is 7.95. The summed E-state index contributed by atoms with van der Waals surface area (Å²) in [6.45, 7) is 3.12. The van der Waals surface area contributed by atoms with Gasteiger partial charge in [-0.05, 0) is 54.9 Å². The lowest BCUT2D eigenvalue weighted by molar-refractivity contribution is 0.0691. The first-order valence-corrected chi connectivity index (χ1v) is 10.5. The van der Waals surface area contributed by atoms with Gasteiger partial charge in [-0.15, -0.1) is 11.3 Å². The van der Waals surface area contributed by atoms with Crippen LogP contribution >= 0.6 is 24.8 Å². The third kappa shape index (κ3) is 5.04. The van der Waals surface area contributed by atoms with E-state index in [2.05, 4.69) is 35.0 Å². The Morgan fingerprint density at radius 2 is 1.97 bits per heavy atom. The lowest BCUT2D eigenvalue weighted by Gasteiger charge is -2.28. The van der Waals surface area contributed by atoms with Crippen molar-refractivity contribution in [3.8, 4) is 5.75 Å². The molecule has 1 N–H and O–H groups in total. The van der Waals surface area contributed by atoms with Crippen LogP contribution in [0, 0.1) is 0 Å². The number of nitrogens with one attached hydrogen (secondary N) is 1. The normalized spacial score (nSPS) is 14.2. The summed E-state index contributed by atoms with van der Waals surface area (Å²) < 4.78 is 8.27. The van der Waals surface area contributed by atoms with Crippen LogP contribution in [0.2, 0.25) is 0 Å². The summed E-state index contributed by atoms with van der Waals surface area (Å²) in [6.07, 6.45) is 2.94. The highest BCUT2D eigenvalue weighted by atomic mass is 32.1. The molecule has 0 unspecified atom stereocenters. The van der Waals surface area contributed by atoms with Crippen LogP contribution in [0.4, 0.5) is 0 Å². The molecule has 0 spiro atoms. The summed E-state index contributed by atoms with van der Waals surface area (Å²) >= 11 is 1.72. The first-order chi connectivity index (χ1) is 13.7. The maximum absolute atomic E-state index is 12.6. The molecule has 7 heteroatoms. The van der Waals surface area contributed by atoms with E-state index >= 15 is 0 Å². The topological polar surface area (TPSA) is 46.5 Å². The van der Waals surface area contributed by atoms with Gasteiger partial charge in [0.2, 0.25) is 0 Å². The van der Waals surface area contributed by atoms with Crippen molar-refractivity contribution in [1.29, 1.82) is 0 Å². The summed E-state index contributed by atoms with van der Waals surface area (Å²) in [4.78, 5) is 15.7. The predicted octanol–water partition coefficient (Wildman–Crippen LogP) is 4.05. The van der Waals surface area contributed by atoms with Gasteiger partial charge in [-0.1, -0.05) is 18.2 Å². The number of amides is 1. The van der Waals surface area contributed by atoms with E-state index in [4.69, 9.17) is 4.74 Å². The number of hydrogen-bond acceptors (Lipinski definition) is 4. The summed E-state index contributed by atoms with van der Waals surface area (Å²) in [5.74, 6) is 0.957. The number of hydrogen-bond donors (Lipinski definition) is 1. The molecule has 0 radical (unpaired) electrons. The smallest absolute Gasteiger partial charge is 0.270 e. The van der Waals surface area contributed by atoms with Crippen molar-refractivity contribution in [2.24, 2.45) is 0 Å². The molecule has 3 heterocycles. The Kier molecular flexibility index (Phi) is 7.41. The molecule has 4 rings (SSSR count). The van der Waals surface area contributed by atoms with E-state index in [1.807, 2.05) is 47.0 Å². The van der Waals surface area contributed by atoms with Crippen LogP contribution < -0.4 is 10.1 Å². The van der Waals surface area contributed by atoms with Gasteiger partial charge in [0.25, 0.3) is 5.91 Å². The average molecular weight is 430 g/mol. The van der Waals surface area contributed by atoms with Gasteiger partial charge in [-0.3, -0.25) is 4.79 Å². The molecule has 29 heavy (non-hydrogen) atoms. The Morgan fingerprint density at radius 1 is 1.14 bits per heavy atom. The number of nitrogens with zero attached hydrogens (tertiary/aromatic N) is 2. The summed E-state index contributed by atoms with van der Waals surface area (Å²) in [5, 5.41) is 5.28. The predicted molar refractivity (Wildman–Crippen MR) is 122 cm³/mol. The molecule has 154 valence electrons. The van der Waals surface area contributed by atoms with Gasteiger partial charge in [0, 0.05) is 37.1 Å². The highest BCUT2D eigenvalue weighted by Gasteiger charge is 2.23. The molecule has 1 amide bonds. The Labute approximate surface area is 182 Å². The first-order valence-electron chi connectivity index (χ1n) is 9.62. The number of carbonyl (C=O) groups excluding carboxylic acids is 1. The molecule has 0 saturated heterocycles. The summed E-state index contributed by atoms with van der Waals surface area (Å²) in [7, 11) is 1.96. The number of benzene rings is 1. The third-order valence-corrected chi connectivity index (χ3v) is 6.00. The van der Waals surface area contributed by atoms with Crippen LogP contribution in [0.3, 0.4) is 0 Å². The fraction of sp³-hybridized carbons (Fsp3) is 0.318. The number of carbonyl (C=O) groups is 1. The van der Waals surface area contributed by atoms with Crippen LogP contribution in [0.1, 0.15) is 33.5 Å². The molecule has 0 aliphatic carbocycles. The van der Waals surface area contributed by atoms with Gasteiger partial charge in [0.05, 0.1) is 0 Å². The molecule has 0 bridgehead atoms. The number of ether oxygens (including phenoxy) is 1. The van der Waals surface area contributed by atoms with Gasteiger partial charge < -0.3 is 19.5 Å². The Hall–Kier alpha value is -2.22. The van der Waals surface area contributed by atoms with Gasteiger partial charge in [-0.2, -0.15) is 13.5 Å². The highest BCUT2D eigenvalue weighted by Crippen LogP contribution is 2.28. The van der Waals surface area contributed by atoms with Crippen LogP contribution in [0.15, 0.2) is 60.1 Å². The zero-order chi connectivity index (χ0) is 19.3. The Balaban J connectivity index is 0.00000240. The van der Waals surface area contributed by atoms with Crippen molar-refractivity contribution in [2.75, 3.05) is 20.1 Å². The summed E-state index contributed by atoms with van der Waals surface area (Å²) in [6, 6.07) is 16.1. The number of aromatic nitrogens is 1. The lowest BCUT2D eigenvalue weighted by Crippen LogP contribution is -2.39. The fourth-order valence-corrected chi connectivity index (χ4v) is 4.30. The molecule has 0 fully saturated rings. The molecular formula is C22H27N3O2S2. The number of rotatable bonds is 8. The third-order valence-electron chi connectivity index (χ3n) is 5.04. The Morgan fingerprint density at radius 3 is 2.69 bits per heavy atom. The molecule has 5 nitrogen and oxygen atoms in total. The fourth-order valence-electron chi connectivity index (χ4n) is 3.51. The number of fused-ring (bicyclic) bond motifs is 1. The minimum Gasteiger partial charge on any atom is -0.485 e. The summed E-state index contributed by atoms with van der Waals surface area (Å²) in [5.41, 5.74) is 1.89. The maximum atomic E-state index is 12.6. The van der Waals surface area contributed by atoms with Gasteiger partial charge in [0.15, 0.2) is 0 Å². The minimum absolute atomic E-state index is 0. The van der Waals surface area contributed by atoms with Crippen LogP contribution in [0.5, 0.6) is 5.75 Å². The molecule has 1 atom stereocenters. The van der Waals surface area contributed by atoms with Gasteiger partial charge >= 0.3 is 0 Å². The first kappa shape index (κ1) is 21.5. The maximum Gasteiger partial charge on any atom is 0.270 e. The van der Waals surface area contributed by atoms with E-state index in [1.54, 1.807) is 11.3 Å². The SMILES string of the molecule is CNCC[C@H](Oc1ccc(CN2CCn3cccc3C2=O)cc1)c1cccs1.S. The van der Waals surface area contributed by atoms with E-state index in [0.717, 1.165) is 43.1 Å². The van der Waals surface area contributed by atoms with E-state index in [1.165, 1.54) is 4.88 Å². The number of thiophene rings is 1. The van der Waals surface area contributed by atoms with E-state index in [9.17, 15) is 4.79 Å². The molecule has 3 aromatic rings. The van der Waals surface area contributed by atoms with Gasteiger partial charge in [-0.25, -0.2) is 0 Å². The van der Waals surface area contributed by atoms with Crippen LogP contribution in [-0.2, 0) is 13.1 Å². The zero-order valence-corrected chi connectivity index (χ0v) is 18.3. The van der Waals surface area contributed by atoms with Crippen molar-refractivity contribution in [3.05, 3.63) is 76.2 Å². The van der Waals surface area contributed by atoms with Crippen molar-refractivity contribution in [2.45, 2.75) is 25.6 Å². The molecule has 1 aromatic carbocycles. The Bertz CT molecular complexity index is 907. The van der Waals surface area contributed by atoms with Crippen molar-refractivity contribution in [1.82, 2.24) is 14.8 Å². The van der Waals surface area contributed by atoms with Crippen LogP contribution in [-0.4, -0.2) is 35.5 Å². The lowest BCUT2D eigenvalue weighted by atomic mass is 10.1. The van der Waals surface area contributed by atoms with Crippen molar-refractivity contribution in [3.63, 3.8) is 0 Å². The van der Waals surface area contributed by atoms with E-state index < -0.39 is 0 Å². The molecular weight excluding hydrogens is 402 g/mol.